The molecule has 11 heteroatoms. The van der Waals surface area contributed by atoms with Crippen molar-refractivity contribution < 1.29 is 36.4 Å². The van der Waals surface area contributed by atoms with Crippen LogP contribution in [0.5, 0.6) is 0 Å². The van der Waals surface area contributed by atoms with Gasteiger partial charge in [-0.3, -0.25) is 9.69 Å². The fraction of sp³-hybridized carbons (Fsp3) is 0.348. The third-order valence-electron chi connectivity index (χ3n) is 5.98. The summed E-state index contributed by atoms with van der Waals surface area (Å²) in [6.45, 7) is 1.90. The third kappa shape index (κ3) is 3.91. The molecule has 8 nitrogen and oxygen atoms in total. The molecule has 1 fully saturated rings. The maximum absolute atomic E-state index is 13.4. The van der Waals surface area contributed by atoms with Crippen molar-refractivity contribution >= 4 is 17.7 Å². The van der Waals surface area contributed by atoms with Gasteiger partial charge >= 0.3 is 12.3 Å². The Bertz CT molecular complexity index is 1260. The molecule has 0 radical (unpaired) electrons. The fourth-order valence-corrected chi connectivity index (χ4v) is 4.39. The lowest BCUT2D eigenvalue weighted by Gasteiger charge is -2.15. The Morgan fingerprint density at radius 3 is 2.82 bits per heavy atom. The summed E-state index contributed by atoms with van der Waals surface area (Å²) in [6, 6.07) is 5.36. The Balaban J connectivity index is 1.45. The number of carbonyl (C=O) groups is 2. The number of alkyl halides is 3. The molecule has 2 amide bonds. The smallest absolute Gasteiger partial charge is 0.420 e. The normalized spacial score (nSPS) is 17.7. The van der Waals surface area contributed by atoms with Crippen LogP contribution in [0.4, 0.5) is 23.7 Å². The summed E-state index contributed by atoms with van der Waals surface area (Å²) in [5.74, 6) is 0.204. The number of aromatic nitrogens is 1. The molecule has 2 aliphatic rings. The van der Waals surface area contributed by atoms with Crippen LogP contribution in [0.25, 0.3) is 22.6 Å². The zero-order valence-corrected chi connectivity index (χ0v) is 18.1. The van der Waals surface area contributed by atoms with Crippen molar-refractivity contribution in [3.05, 3.63) is 47.4 Å². The number of hydrogen-bond acceptors (Lipinski definition) is 6. The molecule has 5 rings (SSSR count). The number of hydrogen-bond donors (Lipinski definition) is 1. The highest BCUT2D eigenvalue weighted by Crippen LogP contribution is 2.43. The Kier molecular flexibility index (Phi) is 5.34. The average molecular weight is 475 g/mol. The van der Waals surface area contributed by atoms with Gasteiger partial charge in [-0.2, -0.15) is 13.2 Å². The number of cyclic esters (lactones) is 1. The molecule has 0 bridgehead atoms. The van der Waals surface area contributed by atoms with E-state index in [9.17, 15) is 22.8 Å². The summed E-state index contributed by atoms with van der Waals surface area (Å²) in [4.78, 5) is 25.0. The van der Waals surface area contributed by atoms with Gasteiger partial charge in [0.2, 0.25) is 5.91 Å². The van der Waals surface area contributed by atoms with Crippen molar-refractivity contribution in [3.63, 3.8) is 0 Å². The number of anilines is 1. The van der Waals surface area contributed by atoms with Crippen LogP contribution in [0.2, 0.25) is 0 Å². The third-order valence-corrected chi connectivity index (χ3v) is 5.98. The van der Waals surface area contributed by atoms with Crippen LogP contribution in [0.3, 0.4) is 0 Å². The van der Waals surface area contributed by atoms with Gasteiger partial charge in [-0.25, -0.2) is 4.79 Å². The second kappa shape index (κ2) is 8.23. The molecule has 1 aliphatic carbocycles. The number of aryl methyl sites for hydroxylation is 1. The first kappa shape index (κ1) is 22.1. The molecule has 3 aromatic rings. The van der Waals surface area contributed by atoms with Crippen molar-refractivity contribution in [1.82, 2.24) is 10.5 Å². The van der Waals surface area contributed by atoms with Crippen molar-refractivity contribution in [3.8, 4) is 22.6 Å². The van der Waals surface area contributed by atoms with E-state index in [1.54, 1.807) is 12.1 Å². The zero-order valence-electron chi connectivity index (χ0n) is 18.1. The highest BCUT2D eigenvalue weighted by molar-refractivity contribution is 5.91. The van der Waals surface area contributed by atoms with Gasteiger partial charge < -0.3 is 19.0 Å². The molecule has 0 spiro atoms. The molecule has 0 saturated carbocycles. The van der Waals surface area contributed by atoms with E-state index in [0.717, 1.165) is 17.4 Å². The quantitative estimate of drug-likeness (QED) is 0.594. The Morgan fingerprint density at radius 1 is 1.24 bits per heavy atom. The summed E-state index contributed by atoms with van der Waals surface area (Å²) in [5.41, 5.74) is 1.90. The van der Waals surface area contributed by atoms with Gasteiger partial charge in [-0.1, -0.05) is 5.16 Å². The van der Waals surface area contributed by atoms with E-state index < -0.39 is 23.9 Å². The number of halogens is 3. The number of nitrogens with zero attached hydrogens (tertiary/aromatic N) is 2. The summed E-state index contributed by atoms with van der Waals surface area (Å²) in [7, 11) is 0. The van der Waals surface area contributed by atoms with E-state index in [1.165, 1.54) is 11.8 Å². The van der Waals surface area contributed by atoms with Gasteiger partial charge in [0.1, 0.15) is 29.9 Å². The maximum atomic E-state index is 13.4. The average Bonchev–Trinajstić information content (AvgIpc) is 3.48. The lowest BCUT2D eigenvalue weighted by molar-refractivity contribution is -0.137. The molecule has 0 unspecified atom stereocenters. The van der Waals surface area contributed by atoms with Crippen LogP contribution >= 0.6 is 0 Å². The number of fused-ring (bicyclic) bond motifs is 3. The monoisotopic (exact) mass is 475 g/mol. The van der Waals surface area contributed by atoms with Gasteiger partial charge in [0.05, 0.1) is 18.7 Å². The number of nitrogens with one attached hydrogen (secondary N) is 1. The van der Waals surface area contributed by atoms with E-state index in [-0.39, 0.29) is 30.3 Å². The molecular formula is C23H20F3N3O5. The van der Waals surface area contributed by atoms with Gasteiger partial charge in [0.15, 0.2) is 5.76 Å². The van der Waals surface area contributed by atoms with Gasteiger partial charge in [0, 0.05) is 23.7 Å². The molecule has 34 heavy (non-hydrogen) atoms. The SMILES string of the molecule is CC(=O)NC[C@H]1CN(c2ccc3c(c2)CCCc2c(-c4cocc4C(F)(F)F)noc2-3)C(=O)O1. The van der Waals surface area contributed by atoms with Gasteiger partial charge in [-0.15, -0.1) is 0 Å². The molecule has 2 aromatic heterocycles. The number of benzene rings is 1. The molecule has 1 atom stereocenters. The highest BCUT2D eigenvalue weighted by atomic mass is 19.4. The van der Waals surface area contributed by atoms with E-state index >= 15 is 0 Å². The molecular weight excluding hydrogens is 455 g/mol. The zero-order chi connectivity index (χ0) is 24.0. The Hall–Kier alpha value is -3.76. The van der Waals surface area contributed by atoms with Crippen molar-refractivity contribution in [1.29, 1.82) is 0 Å². The first-order valence-electron chi connectivity index (χ1n) is 10.7. The topological polar surface area (TPSA) is 97.8 Å². The van der Waals surface area contributed by atoms with Crippen molar-refractivity contribution in [2.75, 3.05) is 18.0 Å². The number of amides is 2. The second-order valence-electron chi connectivity index (χ2n) is 8.28. The number of furan rings is 1. The predicted molar refractivity (Wildman–Crippen MR) is 113 cm³/mol. The number of rotatable bonds is 4. The molecule has 3 heterocycles. The summed E-state index contributed by atoms with van der Waals surface area (Å²) >= 11 is 0. The second-order valence-corrected chi connectivity index (χ2v) is 8.28. The Morgan fingerprint density at radius 2 is 2.06 bits per heavy atom. The first-order chi connectivity index (χ1) is 16.2. The van der Waals surface area contributed by atoms with Gasteiger partial charge in [0.25, 0.3) is 0 Å². The van der Waals surface area contributed by atoms with E-state index in [2.05, 4.69) is 10.5 Å². The van der Waals surface area contributed by atoms with Crippen LogP contribution in [0.1, 0.15) is 30.0 Å². The van der Waals surface area contributed by atoms with Crippen LogP contribution in [-0.4, -0.2) is 36.4 Å². The van der Waals surface area contributed by atoms with Gasteiger partial charge in [-0.05, 0) is 43.0 Å². The maximum Gasteiger partial charge on any atom is 0.420 e. The largest absolute Gasteiger partial charge is 0.471 e. The minimum Gasteiger partial charge on any atom is -0.471 e. The fourth-order valence-electron chi connectivity index (χ4n) is 4.39. The predicted octanol–water partition coefficient (Wildman–Crippen LogP) is 4.57. The minimum absolute atomic E-state index is 0.122. The standard InChI is InChI=1S/C23H20F3N3O5/c1-12(30)27-8-15-9-29(22(31)33-15)14-5-6-16-13(7-14)3-2-4-17-20(28-34-21(16)17)18-10-32-11-19(18)23(24,25)26/h5-7,10-11,15H,2-4,8-9H2,1H3,(H,27,30)/t15-/m0/s1. The first-order valence-corrected chi connectivity index (χ1v) is 10.7. The van der Waals surface area contributed by atoms with Crippen LogP contribution in [0, 0.1) is 0 Å². The Labute approximate surface area is 191 Å². The van der Waals surface area contributed by atoms with E-state index in [0.29, 0.717) is 42.5 Å². The number of carbonyl (C=O) groups excluding carboxylic acids is 2. The van der Waals surface area contributed by atoms with Crippen molar-refractivity contribution in [2.45, 2.75) is 38.5 Å². The lowest BCUT2D eigenvalue weighted by Crippen LogP contribution is -2.33. The van der Waals surface area contributed by atoms with E-state index in [4.69, 9.17) is 13.7 Å². The molecule has 1 aromatic carbocycles. The molecule has 1 aliphatic heterocycles. The van der Waals surface area contributed by atoms with Crippen molar-refractivity contribution in [2.24, 2.45) is 0 Å². The van der Waals surface area contributed by atoms with E-state index in [1.807, 2.05) is 6.07 Å². The summed E-state index contributed by atoms with van der Waals surface area (Å²) < 4.78 is 55.9. The lowest BCUT2D eigenvalue weighted by atomic mass is 9.99. The van der Waals surface area contributed by atoms with Crippen LogP contribution in [0.15, 0.2) is 39.7 Å². The highest BCUT2D eigenvalue weighted by Gasteiger charge is 2.38. The summed E-state index contributed by atoms with van der Waals surface area (Å²) in [5, 5.41) is 6.59. The molecule has 1 saturated heterocycles. The molecule has 1 N–H and O–H groups in total. The number of ether oxygens (including phenoxy) is 1. The minimum atomic E-state index is -4.58. The molecule has 178 valence electrons. The van der Waals surface area contributed by atoms with Crippen LogP contribution in [-0.2, 0) is 28.5 Å². The summed E-state index contributed by atoms with van der Waals surface area (Å²) in [6.07, 6.45) is -2.07. The van der Waals surface area contributed by atoms with Crippen LogP contribution < -0.4 is 10.2 Å².